The maximum atomic E-state index is 13.7. The molecule has 0 amide bonds. The van der Waals surface area contributed by atoms with Crippen LogP contribution in [0, 0.1) is 11.7 Å². The summed E-state index contributed by atoms with van der Waals surface area (Å²) in [6.45, 7) is 4.23. The van der Waals surface area contributed by atoms with Crippen LogP contribution in [0.15, 0.2) is 42.7 Å². The van der Waals surface area contributed by atoms with E-state index in [2.05, 4.69) is 25.8 Å². The van der Waals surface area contributed by atoms with Crippen molar-refractivity contribution in [2.45, 2.75) is 31.7 Å². The summed E-state index contributed by atoms with van der Waals surface area (Å²) >= 11 is 0. The Morgan fingerprint density at radius 3 is 2.85 bits per heavy atom. The molecule has 2 unspecified atom stereocenters. The van der Waals surface area contributed by atoms with E-state index in [0.717, 1.165) is 50.5 Å². The van der Waals surface area contributed by atoms with Crippen molar-refractivity contribution in [1.82, 2.24) is 14.9 Å². The highest BCUT2D eigenvalue weighted by atomic mass is 19.1. The molecule has 2 saturated heterocycles. The molecular formula is C22H25FN4. The maximum Gasteiger partial charge on any atom is 0.225 e. The van der Waals surface area contributed by atoms with Gasteiger partial charge in [-0.15, -0.1) is 0 Å². The molecule has 2 fully saturated rings. The predicted octanol–water partition coefficient (Wildman–Crippen LogP) is 3.55. The summed E-state index contributed by atoms with van der Waals surface area (Å²) in [4.78, 5) is 13.8. The Morgan fingerprint density at radius 1 is 1.07 bits per heavy atom. The SMILES string of the molecule is Fc1ccc2c(c1)C(CC1CCC3CN(c4ncccn4)CCN3C1)=CC2. The predicted molar refractivity (Wildman–Crippen MR) is 105 cm³/mol. The molecule has 3 aliphatic rings. The average Bonchev–Trinajstić information content (AvgIpc) is 3.10. The quantitative estimate of drug-likeness (QED) is 0.834. The van der Waals surface area contributed by atoms with E-state index in [1.165, 1.54) is 24.0 Å². The first-order valence-electron chi connectivity index (χ1n) is 10.00. The third kappa shape index (κ3) is 3.36. The molecule has 140 valence electrons. The van der Waals surface area contributed by atoms with Crippen molar-refractivity contribution >= 4 is 11.5 Å². The van der Waals surface area contributed by atoms with Gasteiger partial charge in [-0.05, 0) is 66.5 Å². The molecule has 1 aromatic heterocycles. The van der Waals surface area contributed by atoms with Crippen LogP contribution in [0.4, 0.5) is 10.3 Å². The molecule has 0 bridgehead atoms. The molecule has 5 heteroatoms. The number of nitrogens with zero attached hydrogens (tertiary/aromatic N) is 4. The Morgan fingerprint density at radius 2 is 1.96 bits per heavy atom. The summed E-state index contributed by atoms with van der Waals surface area (Å²) < 4.78 is 13.7. The molecular weight excluding hydrogens is 339 g/mol. The third-order valence-electron chi connectivity index (χ3n) is 6.34. The van der Waals surface area contributed by atoms with Crippen molar-refractivity contribution in [2.24, 2.45) is 5.92 Å². The van der Waals surface area contributed by atoms with Crippen LogP contribution in [0.2, 0.25) is 0 Å². The Labute approximate surface area is 159 Å². The van der Waals surface area contributed by atoms with Crippen LogP contribution in [-0.2, 0) is 6.42 Å². The van der Waals surface area contributed by atoms with Gasteiger partial charge in [0.25, 0.3) is 0 Å². The highest BCUT2D eigenvalue weighted by molar-refractivity contribution is 5.73. The lowest BCUT2D eigenvalue weighted by atomic mass is 9.85. The molecule has 0 radical (unpaired) electrons. The number of fused-ring (bicyclic) bond motifs is 2. The second-order valence-corrected chi connectivity index (χ2v) is 8.03. The smallest absolute Gasteiger partial charge is 0.225 e. The Hall–Kier alpha value is -2.27. The minimum Gasteiger partial charge on any atom is -0.338 e. The van der Waals surface area contributed by atoms with Gasteiger partial charge in [0.05, 0.1) is 0 Å². The molecule has 1 aromatic carbocycles. The Bertz CT molecular complexity index is 851. The van der Waals surface area contributed by atoms with E-state index < -0.39 is 0 Å². The van der Waals surface area contributed by atoms with Crippen molar-refractivity contribution in [1.29, 1.82) is 0 Å². The van der Waals surface area contributed by atoms with Gasteiger partial charge >= 0.3 is 0 Å². The number of benzene rings is 1. The summed E-state index contributed by atoms with van der Waals surface area (Å²) in [5.41, 5.74) is 3.77. The zero-order valence-electron chi connectivity index (χ0n) is 15.5. The second-order valence-electron chi connectivity index (χ2n) is 8.03. The van der Waals surface area contributed by atoms with Crippen LogP contribution in [-0.4, -0.2) is 47.1 Å². The fourth-order valence-electron chi connectivity index (χ4n) is 4.93. The average molecular weight is 364 g/mol. The van der Waals surface area contributed by atoms with Crippen LogP contribution in [0.1, 0.15) is 30.4 Å². The van der Waals surface area contributed by atoms with Gasteiger partial charge in [-0.3, -0.25) is 4.90 Å². The van der Waals surface area contributed by atoms with Gasteiger partial charge in [-0.25, -0.2) is 14.4 Å². The van der Waals surface area contributed by atoms with Crippen LogP contribution < -0.4 is 4.90 Å². The van der Waals surface area contributed by atoms with Gasteiger partial charge in [0.2, 0.25) is 5.95 Å². The Balaban J connectivity index is 1.22. The minimum atomic E-state index is -0.121. The molecule has 0 spiro atoms. The molecule has 2 atom stereocenters. The number of hydrogen-bond donors (Lipinski definition) is 0. The van der Waals surface area contributed by atoms with Gasteiger partial charge in [0.15, 0.2) is 0 Å². The third-order valence-corrected chi connectivity index (χ3v) is 6.34. The largest absolute Gasteiger partial charge is 0.338 e. The summed E-state index contributed by atoms with van der Waals surface area (Å²) in [7, 11) is 0. The first-order chi connectivity index (χ1) is 13.3. The van der Waals surface area contributed by atoms with Crippen LogP contribution in [0.5, 0.6) is 0 Å². The lowest BCUT2D eigenvalue weighted by Gasteiger charge is -2.46. The van der Waals surface area contributed by atoms with Gasteiger partial charge < -0.3 is 4.90 Å². The molecule has 2 aromatic rings. The number of piperazine rings is 1. The number of anilines is 1. The molecule has 0 saturated carbocycles. The molecule has 1 aliphatic carbocycles. The van der Waals surface area contributed by atoms with Crippen LogP contribution in [0.3, 0.4) is 0 Å². The number of piperidine rings is 1. The van der Waals surface area contributed by atoms with E-state index in [1.54, 1.807) is 12.1 Å². The van der Waals surface area contributed by atoms with E-state index in [-0.39, 0.29) is 5.82 Å². The lowest BCUT2D eigenvalue weighted by molar-refractivity contribution is 0.0968. The van der Waals surface area contributed by atoms with Crippen molar-refractivity contribution in [2.75, 3.05) is 31.1 Å². The van der Waals surface area contributed by atoms with Gasteiger partial charge in [-0.2, -0.15) is 0 Å². The number of hydrogen-bond acceptors (Lipinski definition) is 4. The van der Waals surface area contributed by atoms with Crippen LogP contribution >= 0.6 is 0 Å². The maximum absolute atomic E-state index is 13.7. The van der Waals surface area contributed by atoms with E-state index in [1.807, 2.05) is 24.5 Å². The lowest BCUT2D eigenvalue weighted by Crippen LogP contribution is -2.56. The van der Waals surface area contributed by atoms with Crippen molar-refractivity contribution in [3.05, 3.63) is 59.7 Å². The molecule has 5 rings (SSSR count). The van der Waals surface area contributed by atoms with E-state index in [9.17, 15) is 4.39 Å². The van der Waals surface area contributed by atoms with Crippen molar-refractivity contribution < 1.29 is 4.39 Å². The highest BCUT2D eigenvalue weighted by Gasteiger charge is 2.34. The molecule has 0 N–H and O–H groups in total. The standard InChI is InChI=1S/C22H25FN4/c23-19-6-5-17-3-4-18(21(17)13-19)12-16-2-7-20-15-27(11-10-26(20)14-16)22-24-8-1-9-25-22/h1,4-6,8-9,13,16,20H,2-3,7,10-12,14-15H2. The first kappa shape index (κ1) is 16.9. The monoisotopic (exact) mass is 364 g/mol. The zero-order chi connectivity index (χ0) is 18.2. The topological polar surface area (TPSA) is 32.3 Å². The molecule has 2 aliphatic heterocycles. The number of halogens is 1. The fourth-order valence-corrected chi connectivity index (χ4v) is 4.93. The van der Waals surface area contributed by atoms with Gasteiger partial charge in [0, 0.05) is 44.6 Å². The summed E-state index contributed by atoms with van der Waals surface area (Å²) in [6.07, 6.45) is 10.4. The summed E-state index contributed by atoms with van der Waals surface area (Å²) in [5.74, 6) is 1.40. The summed E-state index contributed by atoms with van der Waals surface area (Å²) in [6, 6.07) is 7.71. The van der Waals surface area contributed by atoms with Gasteiger partial charge in [-0.1, -0.05) is 12.1 Å². The number of aromatic nitrogens is 2. The van der Waals surface area contributed by atoms with E-state index in [4.69, 9.17) is 0 Å². The Kier molecular flexibility index (Phi) is 4.40. The molecule has 3 heterocycles. The van der Waals surface area contributed by atoms with Gasteiger partial charge in [0.1, 0.15) is 5.82 Å². The second kappa shape index (κ2) is 7.04. The fraction of sp³-hybridized carbons (Fsp3) is 0.455. The first-order valence-corrected chi connectivity index (χ1v) is 10.00. The molecule has 4 nitrogen and oxygen atoms in total. The summed E-state index contributed by atoms with van der Waals surface area (Å²) in [5, 5.41) is 0. The molecule has 27 heavy (non-hydrogen) atoms. The van der Waals surface area contributed by atoms with Crippen molar-refractivity contribution in [3.63, 3.8) is 0 Å². The highest BCUT2D eigenvalue weighted by Crippen LogP contribution is 2.36. The van der Waals surface area contributed by atoms with Crippen molar-refractivity contribution in [3.8, 4) is 0 Å². The minimum absolute atomic E-state index is 0.121. The van der Waals surface area contributed by atoms with E-state index in [0.29, 0.717) is 12.0 Å². The number of rotatable bonds is 3. The van der Waals surface area contributed by atoms with Crippen LogP contribution in [0.25, 0.3) is 5.57 Å². The number of allylic oxidation sites excluding steroid dienone is 2. The zero-order valence-corrected chi connectivity index (χ0v) is 15.5. The normalized spacial score (nSPS) is 25.1. The van der Waals surface area contributed by atoms with E-state index >= 15 is 0 Å².